The summed E-state index contributed by atoms with van der Waals surface area (Å²) in [6.45, 7) is -0.0136. The summed E-state index contributed by atoms with van der Waals surface area (Å²) in [6.07, 6.45) is 1.66. The second-order valence-electron chi connectivity index (χ2n) is 4.32. The lowest BCUT2D eigenvalue weighted by Gasteiger charge is -2.18. The van der Waals surface area contributed by atoms with Crippen LogP contribution in [0.2, 0.25) is 0 Å². The van der Waals surface area contributed by atoms with E-state index in [4.69, 9.17) is 10.8 Å². The van der Waals surface area contributed by atoms with Crippen molar-refractivity contribution in [1.82, 2.24) is 5.32 Å². The Hall–Kier alpha value is -1.39. The first-order valence-electron chi connectivity index (χ1n) is 5.40. The molecule has 1 atom stereocenters. The number of hydrogen-bond donors (Lipinski definition) is 3. The lowest BCUT2D eigenvalue weighted by atomic mass is 10.1. The van der Waals surface area contributed by atoms with Crippen LogP contribution in [0.4, 0.5) is 0 Å². The third-order valence-corrected chi connectivity index (χ3v) is 2.99. The van der Waals surface area contributed by atoms with Crippen molar-refractivity contribution in [2.45, 2.75) is 24.4 Å². The summed E-state index contributed by atoms with van der Waals surface area (Å²) >= 11 is 0. The summed E-state index contributed by atoms with van der Waals surface area (Å²) in [5, 5.41) is 11.9. The molecule has 1 aliphatic rings. The van der Waals surface area contributed by atoms with Crippen LogP contribution < -0.4 is 11.1 Å². The summed E-state index contributed by atoms with van der Waals surface area (Å²) in [4.78, 5) is 11.8. The largest absolute Gasteiger partial charge is 0.394 e. The zero-order chi connectivity index (χ0) is 11.6. The average Bonchev–Trinajstić information content (AvgIpc) is 3.09. The van der Waals surface area contributed by atoms with Gasteiger partial charge in [-0.15, -0.1) is 0 Å². The highest BCUT2D eigenvalue weighted by Crippen LogP contribution is 2.34. The number of nitrogens with one attached hydrogen (secondary N) is 1. The molecular formula is C12H16N2O2. The standard InChI is InChI=1S/C12H16N2O2/c13-10(9-4-2-1-3-5-9)11(16)14-12(8-15)6-7-12/h1-5,10,15H,6-8,13H2,(H,14,16)/t10-/m1/s1. The molecule has 1 aromatic rings. The SMILES string of the molecule is N[C@@H](C(=O)NC1(CO)CC1)c1ccccc1. The molecule has 0 bridgehead atoms. The Morgan fingerprint density at radius 2 is 2.06 bits per heavy atom. The van der Waals surface area contributed by atoms with Gasteiger partial charge >= 0.3 is 0 Å². The zero-order valence-corrected chi connectivity index (χ0v) is 9.02. The first-order chi connectivity index (χ1) is 7.67. The van der Waals surface area contributed by atoms with Crippen LogP contribution in [0.5, 0.6) is 0 Å². The summed E-state index contributed by atoms with van der Waals surface area (Å²) in [7, 11) is 0. The highest BCUT2D eigenvalue weighted by atomic mass is 16.3. The fraction of sp³-hybridized carbons (Fsp3) is 0.417. The molecule has 86 valence electrons. The number of hydrogen-bond acceptors (Lipinski definition) is 3. The number of nitrogens with two attached hydrogens (primary N) is 1. The predicted octanol–water partition coefficient (Wildman–Crippen LogP) is 0.327. The molecule has 4 N–H and O–H groups in total. The Kier molecular flexibility index (Phi) is 2.94. The van der Waals surface area contributed by atoms with E-state index in [0.29, 0.717) is 0 Å². The fourth-order valence-electron chi connectivity index (χ4n) is 1.62. The van der Waals surface area contributed by atoms with Gasteiger partial charge in [0.2, 0.25) is 5.91 Å². The van der Waals surface area contributed by atoms with Gasteiger partial charge in [0.05, 0.1) is 12.1 Å². The molecule has 1 amide bonds. The Bertz CT molecular complexity index is 374. The van der Waals surface area contributed by atoms with Crippen LogP contribution in [0.1, 0.15) is 24.4 Å². The number of amides is 1. The molecule has 1 aliphatic carbocycles. The van der Waals surface area contributed by atoms with Gasteiger partial charge in [-0.05, 0) is 18.4 Å². The van der Waals surface area contributed by atoms with Gasteiger partial charge in [0.15, 0.2) is 0 Å². The smallest absolute Gasteiger partial charge is 0.242 e. The first-order valence-corrected chi connectivity index (χ1v) is 5.40. The molecule has 0 aromatic heterocycles. The van der Waals surface area contributed by atoms with Gasteiger partial charge < -0.3 is 16.2 Å². The molecule has 0 radical (unpaired) electrons. The zero-order valence-electron chi connectivity index (χ0n) is 9.02. The number of carbonyl (C=O) groups is 1. The summed E-state index contributed by atoms with van der Waals surface area (Å²) in [5.41, 5.74) is 6.22. The molecule has 0 heterocycles. The van der Waals surface area contributed by atoms with Crippen molar-refractivity contribution in [1.29, 1.82) is 0 Å². The molecule has 2 rings (SSSR count). The van der Waals surface area contributed by atoms with E-state index in [1.54, 1.807) is 0 Å². The monoisotopic (exact) mass is 220 g/mol. The molecule has 0 unspecified atom stereocenters. The summed E-state index contributed by atoms with van der Waals surface area (Å²) < 4.78 is 0. The van der Waals surface area contributed by atoms with Crippen molar-refractivity contribution in [2.75, 3.05) is 6.61 Å². The van der Waals surface area contributed by atoms with E-state index in [-0.39, 0.29) is 12.5 Å². The van der Waals surface area contributed by atoms with Gasteiger partial charge in [0.25, 0.3) is 0 Å². The van der Waals surface area contributed by atoms with Crippen LogP contribution in [0.25, 0.3) is 0 Å². The van der Waals surface area contributed by atoms with Crippen LogP contribution in [-0.2, 0) is 4.79 Å². The number of carbonyl (C=O) groups excluding carboxylic acids is 1. The molecule has 0 spiro atoms. The minimum absolute atomic E-state index is 0.0136. The number of aliphatic hydroxyl groups excluding tert-OH is 1. The maximum absolute atomic E-state index is 11.8. The van der Waals surface area contributed by atoms with Gasteiger partial charge in [-0.2, -0.15) is 0 Å². The van der Waals surface area contributed by atoms with E-state index < -0.39 is 11.6 Å². The molecule has 4 nitrogen and oxygen atoms in total. The first kappa shape index (κ1) is 11.1. The number of benzene rings is 1. The average molecular weight is 220 g/mol. The maximum Gasteiger partial charge on any atom is 0.242 e. The highest BCUT2D eigenvalue weighted by molar-refractivity contribution is 5.84. The molecule has 1 aromatic carbocycles. The van der Waals surface area contributed by atoms with E-state index in [1.165, 1.54) is 0 Å². The van der Waals surface area contributed by atoms with Crippen LogP contribution in [-0.4, -0.2) is 23.2 Å². The second-order valence-corrected chi connectivity index (χ2v) is 4.32. The van der Waals surface area contributed by atoms with Gasteiger partial charge in [0, 0.05) is 0 Å². The van der Waals surface area contributed by atoms with Crippen molar-refractivity contribution in [3.63, 3.8) is 0 Å². The molecule has 1 saturated carbocycles. The van der Waals surface area contributed by atoms with Gasteiger partial charge in [0.1, 0.15) is 6.04 Å². The van der Waals surface area contributed by atoms with E-state index in [0.717, 1.165) is 18.4 Å². The fourth-order valence-corrected chi connectivity index (χ4v) is 1.62. The Balaban J connectivity index is 2.00. The molecule has 16 heavy (non-hydrogen) atoms. The van der Waals surface area contributed by atoms with Gasteiger partial charge in [-0.1, -0.05) is 30.3 Å². The van der Waals surface area contributed by atoms with E-state index in [2.05, 4.69) is 5.32 Å². The second kappa shape index (κ2) is 4.23. The predicted molar refractivity (Wildman–Crippen MR) is 60.6 cm³/mol. The van der Waals surface area contributed by atoms with E-state index >= 15 is 0 Å². The molecule has 0 saturated heterocycles. The van der Waals surface area contributed by atoms with Crippen molar-refractivity contribution in [3.8, 4) is 0 Å². The number of aliphatic hydroxyl groups is 1. The third-order valence-electron chi connectivity index (χ3n) is 2.99. The minimum atomic E-state index is -0.662. The third kappa shape index (κ3) is 2.23. The van der Waals surface area contributed by atoms with Crippen molar-refractivity contribution in [2.24, 2.45) is 5.73 Å². The Labute approximate surface area is 94.5 Å². The van der Waals surface area contributed by atoms with Crippen molar-refractivity contribution in [3.05, 3.63) is 35.9 Å². The van der Waals surface area contributed by atoms with Crippen LogP contribution in [0.15, 0.2) is 30.3 Å². The molecule has 1 fully saturated rings. The summed E-state index contributed by atoms with van der Waals surface area (Å²) in [5.74, 6) is -0.224. The number of rotatable bonds is 4. The van der Waals surface area contributed by atoms with Crippen LogP contribution >= 0.6 is 0 Å². The minimum Gasteiger partial charge on any atom is -0.394 e. The van der Waals surface area contributed by atoms with Crippen molar-refractivity contribution < 1.29 is 9.90 Å². The molecule has 4 heteroatoms. The highest BCUT2D eigenvalue weighted by Gasteiger charge is 2.44. The Morgan fingerprint density at radius 3 is 2.56 bits per heavy atom. The van der Waals surface area contributed by atoms with Crippen LogP contribution in [0.3, 0.4) is 0 Å². The van der Waals surface area contributed by atoms with Crippen molar-refractivity contribution >= 4 is 5.91 Å². The lowest BCUT2D eigenvalue weighted by molar-refractivity contribution is -0.123. The van der Waals surface area contributed by atoms with E-state index in [1.807, 2.05) is 30.3 Å². The van der Waals surface area contributed by atoms with E-state index in [9.17, 15) is 4.79 Å². The topological polar surface area (TPSA) is 75.4 Å². The molecular weight excluding hydrogens is 204 g/mol. The van der Waals surface area contributed by atoms with Gasteiger partial charge in [-0.25, -0.2) is 0 Å². The Morgan fingerprint density at radius 1 is 1.44 bits per heavy atom. The lowest BCUT2D eigenvalue weighted by Crippen LogP contribution is -2.44. The summed E-state index contributed by atoms with van der Waals surface area (Å²) in [6, 6.07) is 8.56. The molecule has 0 aliphatic heterocycles. The van der Waals surface area contributed by atoms with Crippen LogP contribution in [0, 0.1) is 0 Å². The van der Waals surface area contributed by atoms with Gasteiger partial charge in [-0.3, -0.25) is 4.79 Å². The maximum atomic E-state index is 11.8. The normalized spacial score (nSPS) is 18.9. The quantitative estimate of drug-likeness (QED) is 0.684.